The Morgan fingerprint density at radius 3 is 2.43 bits per heavy atom. The number of rotatable bonds is 3. The zero-order valence-corrected chi connectivity index (χ0v) is 14.0. The van der Waals surface area contributed by atoms with Crippen LogP contribution in [0.15, 0.2) is 22.7 Å². The first kappa shape index (κ1) is 20.1. The molecule has 1 saturated heterocycles. The highest BCUT2D eigenvalue weighted by molar-refractivity contribution is 5.81. The Kier molecular flexibility index (Phi) is 5.33. The van der Waals surface area contributed by atoms with Crippen LogP contribution in [0.3, 0.4) is 0 Å². The van der Waals surface area contributed by atoms with E-state index >= 15 is 0 Å². The van der Waals surface area contributed by atoms with E-state index in [0.717, 1.165) is 12.1 Å². The molecule has 0 unspecified atom stereocenters. The smallest absolute Gasteiger partial charge is 0.418 e. The van der Waals surface area contributed by atoms with Crippen molar-refractivity contribution in [1.82, 2.24) is 15.5 Å². The third-order valence-corrected chi connectivity index (χ3v) is 4.12. The number of hydrogen-bond donors (Lipinski definition) is 1. The average molecular weight is 409 g/mol. The van der Waals surface area contributed by atoms with E-state index in [1.54, 1.807) is 0 Å². The van der Waals surface area contributed by atoms with E-state index < -0.39 is 41.0 Å². The number of benzene rings is 1. The second-order valence-electron chi connectivity index (χ2n) is 6.05. The molecule has 2 aromatic rings. The first-order valence-electron chi connectivity index (χ1n) is 8.11. The molecule has 28 heavy (non-hydrogen) atoms. The van der Waals surface area contributed by atoms with Crippen LogP contribution < -0.4 is 10.1 Å². The van der Waals surface area contributed by atoms with Gasteiger partial charge in [0.15, 0.2) is 5.75 Å². The molecule has 1 aliphatic heterocycles. The summed E-state index contributed by atoms with van der Waals surface area (Å²) in [5.74, 6) is -4.48. The molecule has 152 valence electrons. The Hall–Kier alpha value is -2.63. The van der Waals surface area contributed by atoms with Gasteiger partial charge in [-0.05, 0) is 38.1 Å². The van der Waals surface area contributed by atoms with Crippen LogP contribution in [0.5, 0.6) is 5.75 Å². The molecule has 1 aromatic heterocycles. The van der Waals surface area contributed by atoms with Crippen molar-refractivity contribution >= 4 is 5.97 Å². The number of carbonyl (C=O) groups is 1. The summed E-state index contributed by atoms with van der Waals surface area (Å²) in [6.45, 7) is 1.36. The third-order valence-electron chi connectivity index (χ3n) is 4.12. The SMILES string of the molecule is O=C(Oc1c(-c2noc(C3CCNCC3)n2)cccc1C(F)(F)F)C(F)(F)F. The Labute approximate surface area is 153 Å². The molecule has 0 radical (unpaired) electrons. The molecular weight excluding hydrogens is 396 g/mol. The van der Waals surface area contributed by atoms with Crippen LogP contribution in [0, 0.1) is 0 Å². The van der Waals surface area contributed by atoms with Crippen LogP contribution in [0.2, 0.25) is 0 Å². The summed E-state index contributed by atoms with van der Waals surface area (Å²) in [5.41, 5.74) is -2.09. The summed E-state index contributed by atoms with van der Waals surface area (Å²) in [7, 11) is 0. The molecule has 1 N–H and O–H groups in total. The van der Waals surface area contributed by atoms with Gasteiger partial charge in [0.05, 0.1) is 11.1 Å². The van der Waals surface area contributed by atoms with Crippen molar-refractivity contribution in [2.45, 2.75) is 31.1 Å². The number of nitrogens with one attached hydrogen (secondary N) is 1. The summed E-state index contributed by atoms with van der Waals surface area (Å²) in [5, 5.41) is 6.68. The molecule has 0 aliphatic carbocycles. The lowest BCUT2D eigenvalue weighted by atomic mass is 9.98. The van der Waals surface area contributed by atoms with Gasteiger partial charge in [0.2, 0.25) is 11.7 Å². The van der Waals surface area contributed by atoms with Crippen LogP contribution >= 0.6 is 0 Å². The number of nitrogens with zero attached hydrogens (tertiary/aromatic N) is 2. The largest absolute Gasteiger partial charge is 0.491 e. The van der Waals surface area contributed by atoms with Gasteiger partial charge in [-0.15, -0.1) is 0 Å². The number of ether oxygens (including phenoxy) is 1. The summed E-state index contributed by atoms with van der Waals surface area (Å²) in [6, 6.07) is 2.46. The molecule has 2 heterocycles. The lowest BCUT2D eigenvalue weighted by molar-refractivity contribution is -0.190. The van der Waals surface area contributed by atoms with Crippen molar-refractivity contribution in [3.8, 4) is 17.1 Å². The number of halogens is 6. The first-order valence-corrected chi connectivity index (χ1v) is 8.11. The first-order chi connectivity index (χ1) is 13.1. The maximum atomic E-state index is 13.2. The fourth-order valence-electron chi connectivity index (χ4n) is 2.78. The Morgan fingerprint density at radius 1 is 1.14 bits per heavy atom. The van der Waals surface area contributed by atoms with Gasteiger partial charge in [-0.25, -0.2) is 4.79 Å². The van der Waals surface area contributed by atoms with Gasteiger partial charge >= 0.3 is 18.3 Å². The fraction of sp³-hybridized carbons (Fsp3) is 0.438. The number of hydrogen-bond acceptors (Lipinski definition) is 6. The van der Waals surface area contributed by atoms with Crippen molar-refractivity contribution in [2.75, 3.05) is 13.1 Å². The van der Waals surface area contributed by atoms with Gasteiger partial charge in [-0.2, -0.15) is 31.3 Å². The van der Waals surface area contributed by atoms with E-state index in [9.17, 15) is 31.1 Å². The fourth-order valence-corrected chi connectivity index (χ4v) is 2.78. The monoisotopic (exact) mass is 409 g/mol. The predicted octanol–water partition coefficient (Wildman–Crippen LogP) is 3.69. The van der Waals surface area contributed by atoms with Gasteiger partial charge in [0, 0.05) is 5.92 Å². The molecule has 1 aliphatic rings. The maximum Gasteiger partial charge on any atom is 0.491 e. The molecule has 3 rings (SSSR count). The van der Waals surface area contributed by atoms with E-state index in [-0.39, 0.29) is 11.8 Å². The van der Waals surface area contributed by atoms with Crippen molar-refractivity contribution < 1.29 is 40.4 Å². The number of piperidine rings is 1. The molecular formula is C16H13F6N3O3. The van der Waals surface area contributed by atoms with Crippen LogP contribution in [-0.4, -0.2) is 35.4 Å². The maximum absolute atomic E-state index is 13.2. The topological polar surface area (TPSA) is 77.2 Å². The number of para-hydroxylation sites is 1. The van der Waals surface area contributed by atoms with Gasteiger partial charge in [0.25, 0.3) is 0 Å². The third kappa shape index (κ3) is 4.26. The summed E-state index contributed by atoms with van der Waals surface area (Å²) < 4.78 is 86.5. The zero-order chi connectivity index (χ0) is 20.5. The van der Waals surface area contributed by atoms with Gasteiger partial charge in [-0.1, -0.05) is 11.2 Å². The van der Waals surface area contributed by atoms with Crippen LogP contribution in [0.25, 0.3) is 11.4 Å². The van der Waals surface area contributed by atoms with Crippen LogP contribution in [0.1, 0.15) is 30.2 Å². The summed E-state index contributed by atoms with van der Waals surface area (Å²) in [4.78, 5) is 15.2. The highest BCUT2D eigenvalue weighted by Crippen LogP contribution is 2.42. The Bertz CT molecular complexity index is 856. The van der Waals surface area contributed by atoms with E-state index in [1.807, 2.05) is 0 Å². The molecule has 1 fully saturated rings. The predicted molar refractivity (Wildman–Crippen MR) is 81.3 cm³/mol. The molecule has 0 amide bonds. The molecule has 1 aromatic carbocycles. The summed E-state index contributed by atoms with van der Waals surface area (Å²) in [6.07, 6.45) is -9.24. The van der Waals surface area contributed by atoms with E-state index in [4.69, 9.17) is 4.52 Å². The highest BCUT2D eigenvalue weighted by Gasteiger charge is 2.44. The van der Waals surface area contributed by atoms with Gasteiger partial charge in [0.1, 0.15) is 0 Å². The standard InChI is InChI=1S/C16H13F6N3O3/c17-15(18,19)10-3-1-2-9(11(10)27-14(26)16(20,21)22)12-24-13(28-25-12)8-4-6-23-7-5-8/h1-3,8,23H,4-7H2. The Morgan fingerprint density at radius 2 is 1.82 bits per heavy atom. The van der Waals surface area contributed by atoms with Gasteiger partial charge < -0.3 is 14.6 Å². The summed E-state index contributed by atoms with van der Waals surface area (Å²) >= 11 is 0. The van der Waals surface area contributed by atoms with E-state index in [0.29, 0.717) is 32.0 Å². The van der Waals surface area contributed by atoms with Crippen molar-refractivity contribution in [3.63, 3.8) is 0 Å². The molecule has 6 nitrogen and oxygen atoms in total. The zero-order valence-electron chi connectivity index (χ0n) is 14.0. The second kappa shape index (κ2) is 7.41. The molecule has 0 saturated carbocycles. The Balaban J connectivity index is 2.03. The number of alkyl halides is 6. The number of esters is 1. The minimum atomic E-state index is -5.48. The average Bonchev–Trinajstić information content (AvgIpc) is 3.11. The molecule has 0 bridgehead atoms. The molecule has 0 spiro atoms. The lowest BCUT2D eigenvalue weighted by Gasteiger charge is -2.18. The molecule has 12 heteroatoms. The lowest BCUT2D eigenvalue weighted by Crippen LogP contribution is -2.29. The van der Waals surface area contributed by atoms with Crippen molar-refractivity contribution in [1.29, 1.82) is 0 Å². The van der Waals surface area contributed by atoms with Gasteiger partial charge in [-0.3, -0.25) is 0 Å². The van der Waals surface area contributed by atoms with E-state index in [2.05, 4.69) is 20.2 Å². The highest BCUT2D eigenvalue weighted by atomic mass is 19.4. The quantitative estimate of drug-likeness (QED) is 0.473. The van der Waals surface area contributed by atoms with Crippen molar-refractivity contribution in [3.05, 3.63) is 29.7 Å². The number of carbonyl (C=O) groups excluding carboxylic acids is 1. The normalized spacial score (nSPS) is 16.2. The van der Waals surface area contributed by atoms with Crippen molar-refractivity contribution in [2.24, 2.45) is 0 Å². The van der Waals surface area contributed by atoms with Crippen LogP contribution in [-0.2, 0) is 11.0 Å². The second-order valence-corrected chi connectivity index (χ2v) is 6.05. The van der Waals surface area contributed by atoms with E-state index in [1.165, 1.54) is 0 Å². The minimum Gasteiger partial charge on any atom is -0.418 e. The minimum absolute atomic E-state index is 0.130. The molecule has 0 atom stereocenters. The number of aromatic nitrogens is 2. The van der Waals surface area contributed by atoms with Crippen LogP contribution in [0.4, 0.5) is 26.3 Å².